The summed E-state index contributed by atoms with van der Waals surface area (Å²) in [5, 5.41) is 8.63. The highest BCUT2D eigenvalue weighted by Gasteiger charge is 2.21. The fourth-order valence-electron chi connectivity index (χ4n) is 2.35. The Morgan fingerprint density at radius 2 is 2.31 bits per heavy atom. The Hall–Kier alpha value is -0.900. The summed E-state index contributed by atoms with van der Waals surface area (Å²) in [6.07, 6.45) is 4.42. The van der Waals surface area contributed by atoms with Crippen molar-refractivity contribution in [3.05, 3.63) is 11.6 Å². The molecule has 0 saturated heterocycles. The lowest BCUT2D eigenvalue weighted by molar-refractivity contribution is 0.394. The van der Waals surface area contributed by atoms with Gasteiger partial charge < -0.3 is 10.3 Å². The van der Waals surface area contributed by atoms with Crippen LogP contribution in [0, 0.1) is 11.8 Å². The van der Waals surface area contributed by atoms with Crippen LogP contribution < -0.4 is 5.73 Å². The van der Waals surface area contributed by atoms with Crippen LogP contribution in [-0.2, 0) is 19.4 Å². The first-order chi connectivity index (χ1) is 7.74. The van der Waals surface area contributed by atoms with E-state index in [0.29, 0.717) is 5.92 Å². The van der Waals surface area contributed by atoms with Gasteiger partial charge in [0, 0.05) is 19.4 Å². The standard InChI is InChI=1S/C12H22N4/c1-3-10(8-13)7-12-15-14-11-6-9(2)4-5-16(11)12/h9-10H,3-8,13H2,1-2H3. The van der Waals surface area contributed by atoms with Crippen LogP contribution in [0.4, 0.5) is 0 Å². The Morgan fingerprint density at radius 3 is 3.00 bits per heavy atom. The molecule has 2 atom stereocenters. The monoisotopic (exact) mass is 222 g/mol. The predicted molar refractivity (Wildman–Crippen MR) is 64.0 cm³/mol. The van der Waals surface area contributed by atoms with Gasteiger partial charge in [0.15, 0.2) is 0 Å². The highest BCUT2D eigenvalue weighted by Crippen LogP contribution is 2.21. The number of nitrogens with zero attached hydrogens (tertiary/aromatic N) is 3. The summed E-state index contributed by atoms with van der Waals surface area (Å²) in [5.41, 5.74) is 5.74. The normalized spacial score (nSPS) is 21.8. The van der Waals surface area contributed by atoms with E-state index in [4.69, 9.17) is 5.73 Å². The van der Waals surface area contributed by atoms with E-state index < -0.39 is 0 Å². The number of aromatic nitrogens is 3. The summed E-state index contributed by atoms with van der Waals surface area (Å²) < 4.78 is 2.30. The summed E-state index contributed by atoms with van der Waals surface area (Å²) in [7, 11) is 0. The summed E-state index contributed by atoms with van der Waals surface area (Å²) in [6, 6.07) is 0. The van der Waals surface area contributed by atoms with Crippen molar-refractivity contribution < 1.29 is 0 Å². The number of hydrogen-bond acceptors (Lipinski definition) is 3. The third-order valence-corrected chi connectivity index (χ3v) is 3.66. The molecule has 0 bridgehead atoms. The van der Waals surface area contributed by atoms with Crippen molar-refractivity contribution in [3.8, 4) is 0 Å². The largest absolute Gasteiger partial charge is 0.330 e. The van der Waals surface area contributed by atoms with Gasteiger partial charge in [0.05, 0.1) is 0 Å². The van der Waals surface area contributed by atoms with Crippen molar-refractivity contribution in [1.29, 1.82) is 0 Å². The smallest absolute Gasteiger partial charge is 0.133 e. The second-order valence-corrected chi connectivity index (χ2v) is 5.00. The molecule has 2 N–H and O–H groups in total. The summed E-state index contributed by atoms with van der Waals surface area (Å²) in [6.45, 7) is 6.30. The molecule has 0 aromatic carbocycles. The Morgan fingerprint density at radius 1 is 1.50 bits per heavy atom. The van der Waals surface area contributed by atoms with Crippen LogP contribution in [0.5, 0.6) is 0 Å². The molecule has 4 heteroatoms. The van der Waals surface area contributed by atoms with Crippen LogP contribution in [0.15, 0.2) is 0 Å². The zero-order valence-electron chi connectivity index (χ0n) is 10.3. The zero-order chi connectivity index (χ0) is 11.5. The average Bonchev–Trinajstić information content (AvgIpc) is 2.68. The maximum Gasteiger partial charge on any atom is 0.133 e. The molecule has 0 aliphatic carbocycles. The minimum Gasteiger partial charge on any atom is -0.330 e. The van der Waals surface area contributed by atoms with E-state index >= 15 is 0 Å². The molecule has 0 saturated carbocycles. The van der Waals surface area contributed by atoms with E-state index in [-0.39, 0.29) is 0 Å². The zero-order valence-corrected chi connectivity index (χ0v) is 10.3. The van der Waals surface area contributed by atoms with E-state index in [1.807, 2.05) is 0 Å². The summed E-state index contributed by atoms with van der Waals surface area (Å²) in [5.74, 6) is 3.61. The minimum absolute atomic E-state index is 0.549. The van der Waals surface area contributed by atoms with E-state index in [2.05, 4.69) is 28.6 Å². The predicted octanol–water partition coefficient (Wildman–Crippen LogP) is 1.39. The Labute approximate surface area is 97.2 Å². The lowest BCUT2D eigenvalue weighted by atomic mass is 9.99. The molecule has 1 aliphatic rings. The van der Waals surface area contributed by atoms with Gasteiger partial charge in [0.1, 0.15) is 11.6 Å². The average molecular weight is 222 g/mol. The van der Waals surface area contributed by atoms with Gasteiger partial charge >= 0.3 is 0 Å². The van der Waals surface area contributed by atoms with Gasteiger partial charge in [-0.2, -0.15) is 0 Å². The second-order valence-electron chi connectivity index (χ2n) is 5.00. The van der Waals surface area contributed by atoms with Crippen LogP contribution >= 0.6 is 0 Å². The number of fused-ring (bicyclic) bond motifs is 1. The summed E-state index contributed by atoms with van der Waals surface area (Å²) in [4.78, 5) is 0. The van der Waals surface area contributed by atoms with E-state index in [1.165, 1.54) is 12.2 Å². The van der Waals surface area contributed by atoms with Gasteiger partial charge in [-0.25, -0.2) is 0 Å². The second kappa shape index (κ2) is 4.95. The maximum absolute atomic E-state index is 5.74. The Bertz CT molecular complexity index is 341. The molecule has 0 fully saturated rings. The molecular formula is C12H22N4. The molecule has 16 heavy (non-hydrogen) atoms. The number of nitrogens with two attached hydrogens (primary N) is 1. The minimum atomic E-state index is 0.549. The molecule has 0 spiro atoms. The molecule has 4 nitrogen and oxygen atoms in total. The van der Waals surface area contributed by atoms with Crippen LogP contribution in [0.1, 0.15) is 38.3 Å². The fourth-order valence-corrected chi connectivity index (χ4v) is 2.35. The SMILES string of the molecule is CCC(CN)Cc1nnc2n1CCC(C)C2. The quantitative estimate of drug-likeness (QED) is 0.837. The summed E-state index contributed by atoms with van der Waals surface area (Å²) >= 11 is 0. The molecule has 2 unspecified atom stereocenters. The molecule has 2 rings (SSSR count). The van der Waals surface area contributed by atoms with Crippen molar-refractivity contribution in [2.75, 3.05) is 6.54 Å². The Kier molecular flexibility index (Phi) is 3.59. The highest BCUT2D eigenvalue weighted by molar-refractivity contribution is 5.01. The lowest BCUT2D eigenvalue weighted by Gasteiger charge is -2.21. The molecule has 1 aromatic heterocycles. The van der Waals surface area contributed by atoms with Gasteiger partial charge in [0.2, 0.25) is 0 Å². The Balaban J connectivity index is 2.11. The van der Waals surface area contributed by atoms with Crippen molar-refractivity contribution >= 4 is 0 Å². The molecular weight excluding hydrogens is 200 g/mol. The first kappa shape index (κ1) is 11.6. The third kappa shape index (κ3) is 2.26. The fraction of sp³-hybridized carbons (Fsp3) is 0.833. The van der Waals surface area contributed by atoms with Crippen LogP contribution in [0.25, 0.3) is 0 Å². The van der Waals surface area contributed by atoms with Gasteiger partial charge in [0.25, 0.3) is 0 Å². The molecule has 0 amide bonds. The maximum atomic E-state index is 5.74. The molecule has 2 heterocycles. The van der Waals surface area contributed by atoms with Crippen molar-refractivity contribution in [1.82, 2.24) is 14.8 Å². The van der Waals surface area contributed by atoms with Crippen LogP contribution in [0.3, 0.4) is 0 Å². The van der Waals surface area contributed by atoms with Gasteiger partial charge in [-0.3, -0.25) is 0 Å². The lowest BCUT2D eigenvalue weighted by Crippen LogP contribution is -2.22. The number of hydrogen-bond donors (Lipinski definition) is 1. The molecule has 0 radical (unpaired) electrons. The van der Waals surface area contributed by atoms with Gasteiger partial charge in [-0.05, 0) is 24.8 Å². The van der Waals surface area contributed by atoms with Crippen molar-refractivity contribution in [3.63, 3.8) is 0 Å². The first-order valence-electron chi connectivity index (χ1n) is 6.35. The molecule has 1 aliphatic heterocycles. The molecule has 1 aromatic rings. The van der Waals surface area contributed by atoms with E-state index in [0.717, 1.165) is 44.1 Å². The number of rotatable bonds is 4. The van der Waals surface area contributed by atoms with Crippen LogP contribution in [-0.4, -0.2) is 21.3 Å². The van der Waals surface area contributed by atoms with E-state index in [9.17, 15) is 0 Å². The third-order valence-electron chi connectivity index (χ3n) is 3.66. The van der Waals surface area contributed by atoms with Crippen LogP contribution in [0.2, 0.25) is 0 Å². The highest BCUT2D eigenvalue weighted by atomic mass is 15.3. The van der Waals surface area contributed by atoms with E-state index in [1.54, 1.807) is 0 Å². The van der Waals surface area contributed by atoms with Crippen molar-refractivity contribution in [2.45, 2.75) is 46.1 Å². The first-order valence-corrected chi connectivity index (χ1v) is 6.35. The topological polar surface area (TPSA) is 56.7 Å². The van der Waals surface area contributed by atoms with Gasteiger partial charge in [-0.15, -0.1) is 10.2 Å². The van der Waals surface area contributed by atoms with Gasteiger partial charge in [-0.1, -0.05) is 20.3 Å². The van der Waals surface area contributed by atoms with Crippen molar-refractivity contribution in [2.24, 2.45) is 17.6 Å². The molecule has 90 valence electrons.